The normalized spacial score (nSPS) is 32.6. The molecule has 0 radical (unpaired) electrons. The van der Waals surface area contributed by atoms with Crippen LogP contribution in [0.15, 0.2) is 0 Å². The Bertz CT molecular complexity index is 196. The molecule has 0 aromatic rings. The monoisotopic (exact) mass is 242 g/mol. The highest BCUT2D eigenvalue weighted by atomic mass is 16.6. The Morgan fingerprint density at radius 2 is 1.53 bits per heavy atom. The Labute approximate surface area is 105 Å². The molecule has 1 saturated heterocycles. The third-order valence-electron chi connectivity index (χ3n) is 3.73. The van der Waals surface area contributed by atoms with E-state index in [-0.39, 0.29) is 0 Å². The van der Waals surface area contributed by atoms with Gasteiger partial charge in [0.25, 0.3) is 0 Å². The maximum Gasteiger partial charge on any atom is 0.104 e. The molecule has 1 heterocycles. The summed E-state index contributed by atoms with van der Waals surface area (Å²) in [6, 6.07) is 0. The molecule has 17 heavy (non-hydrogen) atoms. The van der Waals surface area contributed by atoms with Gasteiger partial charge in [0.1, 0.15) is 6.10 Å². The third kappa shape index (κ3) is 5.36. The van der Waals surface area contributed by atoms with E-state index in [2.05, 4.69) is 6.92 Å². The van der Waals surface area contributed by atoms with Crippen molar-refractivity contribution in [2.24, 2.45) is 11.8 Å². The van der Waals surface area contributed by atoms with Crippen LogP contribution in [0.2, 0.25) is 0 Å². The van der Waals surface area contributed by atoms with Crippen molar-refractivity contribution in [1.29, 1.82) is 0 Å². The van der Waals surface area contributed by atoms with Gasteiger partial charge in [-0.3, -0.25) is 0 Å². The first-order valence-corrected chi connectivity index (χ1v) is 7.15. The molecule has 0 bridgehead atoms. The second kappa shape index (κ2) is 7.34. The Morgan fingerprint density at radius 1 is 0.941 bits per heavy atom. The van der Waals surface area contributed by atoms with Crippen LogP contribution >= 0.6 is 0 Å². The Hall–Kier alpha value is -0.120. The first-order chi connectivity index (χ1) is 8.38. The number of hydrogen-bond donors (Lipinski definition) is 0. The van der Waals surface area contributed by atoms with Gasteiger partial charge in [0.05, 0.1) is 13.2 Å². The van der Waals surface area contributed by atoms with Crippen molar-refractivity contribution in [2.45, 2.75) is 45.1 Å². The van der Waals surface area contributed by atoms with Crippen molar-refractivity contribution in [3.05, 3.63) is 0 Å². The van der Waals surface area contributed by atoms with Crippen LogP contribution in [0.1, 0.15) is 39.0 Å². The zero-order valence-corrected chi connectivity index (χ0v) is 11.0. The van der Waals surface area contributed by atoms with Gasteiger partial charge < -0.3 is 14.2 Å². The summed E-state index contributed by atoms with van der Waals surface area (Å²) in [5, 5.41) is 0. The Kier molecular flexibility index (Phi) is 5.75. The predicted molar refractivity (Wildman–Crippen MR) is 67.1 cm³/mol. The van der Waals surface area contributed by atoms with E-state index >= 15 is 0 Å². The van der Waals surface area contributed by atoms with Gasteiger partial charge in [-0.1, -0.05) is 6.92 Å². The highest BCUT2D eigenvalue weighted by molar-refractivity contribution is 4.73. The summed E-state index contributed by atoms with van der Waals surface area (Å²) in [5.41, 5.74) is 0. The van der Waals surface area contributed by atoms with E-state index in [1.165, 1.54) is 25.7 Å². The topological polar surface area (TPSA) is 31.0 Å². The molecule has 0 amide bonds. The summed E-state index contributed by atoms with van der Waals surface area (Å²) < 4.78 is 16.4. The lowest BCUT2D eigenvalue weighted by Crippen LogP contribution is -2.22. The molecule has 3 heteroatoms. The van der Waals surface area contributed by atoms with Gasteiger partial charge in [-0.2, -0.15) is 0 Å². The van der Waals surface area contributed by atoms with Crippen LogP contribution < -0.4 is 0 Å². The summed E-state index contributed by atoms with van der Waals surface area (Å²) in [7, 11) is 0. The number of hydrogen-bond acceptors (Lipinski definition) is 3. The molecular weight excluding hydrogens is 216 g/mol. The van der Waals surface area contributed by atoms with Gasteiger partial charge in [0, 0.05) is 19.8 Å². The second-order valence-electron chi connectivity index (χ2n) is 5.45. The molecule has 0 unspecified atom stereocenters. The van der Waals surface area contributed by atoms with Crippen LogP contribution in [0.5, 0.6) is 0 Å². The number of epoxide rings is 1. The maximum atomic E-state index is 5.67. The van der Waals surface area contributed by atoms with E-state index in [1.54, 1.807) is 0 Å². The lowest BCUT2D eigenvalue weighted by Gasteiger charge is -2.28. The van der Waals surface area contributed by atoms with Gasteiger partial charge >= 0.3 is 0 Å². The summed E-state index contributed by atoms with van der Waals surface area (Å²) >= 11 is 0. The Balaban J connectivity index is 1.48. The molecule has 3 nitrogen and oxygen atoms in total. The van der Waals surface area contributed by atoms with Crippen LogP contribution in [0.25, 0.3) is 0 Å². The van der Waals surface area contributed by atoms with Gasteiger partial charge in [0.15, 0.2) is 0 Å². The van der Waals surface area contributed by atoms with Crippen LogP contribution in [0.4, 0.5) is 0 Å². The fourth-order valence-corrected chi connectivity index (χ4v) is 2.49. The van der Waals surface area contributed by atoms with Crippen molar-refractivity contribution in [2.75, 3.05) is 33.0 Å². The van der Waals surface area contributed by atoms with E-state index in [0.717, 1.165) is 51.3 Å². The quantitative estimate of drug-likeness (QED) is 0.484. The lowest BCUT2D eigenvalue weighted by molar-refractivity contribution is 0.0454. The standard InChI is InChI=1S/C14H26O3/c1-2-7-15-8-12-3-5-13(6-4-12)9-16-10-14-11-17-14/h12-14H,2-11H2,1H3/t12?,13?,14-/m1/s1. The van der Waals surface area contributed by atoms with Crippen molar-refractivity contribution in [3.8, 4) is 0 Å². The zero-order valence-electron chi connectivity index (χ0n) is 11.0. The molecule has 100 valence electrons. The van der Waals surface area contributed by atoms with E-state index in [4.69, 9.17) is 14.2 Å². The van der Waals surface area contributed by atoms with Crippen LogP contribution in [0, 0.1) is 11.8 Å². The second-order valence-corrected chi connectivity index (χ2v) is 5.45. The van der Waals surface area contributed by atoms with Crippen molar-refractivity contribution in [3.63, 3.8) is 0 Å². The number of ether oxygens (including phenoxy) is 3. The summed E-state index contributed by atoms with van der Waals surface area (Å²) in [5.74, 6) is 1.57. The van der Waals surface area contributed by atoms with Crippen LogP contribution in [-0.4, -0.2) is 39.1 Å². The summed E-state index contributed by atoms with van der Waals surface area (Å²) in [6.45, 7) is 6.70. The summed E-state index contributed by atoms with van der Waals surface area (Å²) in [6.07, 6.45) is 6.80. The van der Waals surface area contributed by atoms with E-state index in [1.807, 2.05) is 0 Å². The molecule has 0 N–H and O–H groups in total. The van der Waals surface area contributed by atoms with Crippen LogP contribution in [0.3, 0.4) is 0 Å². The summed E-state index contributed by atoms with van der Waals surface area (Å²) in [4.78, 5) is 0. The average molecular weight is 242 g/mol. The first kappa shape index (κ1) is 13.3. The van der Waals surface area contributed by atoms with E-state index < -0.39 is 0 Å². The highest BCUT2D eigenvalue weighted by Gasteiger charge is 2.25. The molecule has 2 fully saturated rings. The molecule has 2 rings (SSSR count). The fraction of sp³-hybridized carbons (Fsp3) is 1.00. The minimum Gasteiger partial charge on any atom is -0.381 e. The number of rotatable bonds is 8. The molecule has 0 spiro atoms. The minimum absolute atomic E-state index is 0.411. The molecule has 2 aliphatic rings. The highest BCUT2D eigenvalue weighted by Crippen LogP contribution is 2.29. The van der Waals surface area contributed by atoms with Crippen molar-refractivity contribution >= 4 is 0 Å². The third-order valence-corrected chi connectivity index (χ3v) is 3.73. The average Bonchev–Trinajstić information content (AvgIpc) is 3.16. The molecule has 1 aliphatic heterocycles. The lowest BCUT2D eigenvalue weighted by atomic mass is 9.83. The molecule has 0 aromatic carbocycles. The van der Waals surface area contributed by atoms with Gasteiger partial charge in [0.2, 0.25) is 0 Å². The van der Waals surface area contributed by atoms with E-state index in [9.17, 15) is 0 Å². The molecule has 1 saturated carbocycles. The van der Waals surface area contributed by atoms with E-state index in [0.29, 0.717) is 6.10 Å². The van der Waals surface area contributed by atoms with Gasteiger partial charge in [-0.25, -0.2) is 0 Å². The Morgan fingerprint density at radius 3 is 2.06 bits per heavy atom. The van der Waals surface area contributed by atoms with Crippen molar-refractivity contribution in [1.82, 2.24) is 0 Å². The molecule has 0 aromatic heterocycles. The largest absolute Gasteiger partial charge is 0.381 e. The van der Waals surface area contributed by atoms with Gasteiger partial charge in [-0.05, 0) is 43.9 Å². The maximum absolute atomic E-state index is 5.67. The SMILES string of the molecule is CCCOCC1CCC(COC[C@@H]2CO2)CC1. The fourth-order valence-electron chi connectivity index (χ4n) is 2.49. The van der Waals surface area contributed by atoms with Crippen LogP contribution in [-0.2, 0) is 14.2 Å². The smallest absolute Gasteiger partial charge is 0.104 e. The minimum atomic E-state index is 0.411. The first-order valence-electron chi connectivity index (χ1n) is 7.15. The zero-order chi connectivity index (χ0) is 11.9. The van der Waals surface area contributed by atoms with Crippen molar-refractivity contribution < 1.29 is 14.2 Å². The molecule has 1 atom stereocenters. The van der Waals surface area contributed by atoms with Gasteiger partial charge in [-0.15, -0.1) is 0 Å². The molecule has 1 aliphatic carbocycles. The predicted octanol–water partition coefficient (Wildman–Crippen LogP) is 2.63. The molecular formula is C14H26O3.